The molecule has 2 rings (SSSR count). The molecular weight excluding hydrogens is 234 g/mol. The molecule has 0 atom stereocenters. The minimum absolute atomic E-state index is 0.601. The van der Waals surface area contributed by atoms with Gasteiger partial charge in [0.15, 0.2) is 0 Å². The predicted octanol–water partition coefficient (Wildman–Crippen LogP) is 4.43. The molecule has 0 aliphatic heterocycles. The van der Waals surface area contributed by atoms with E-state index in [1.807, 2.05) is 36.4 Å². The first-order chi connectivity index (χ1) is 9.42. The molecule has 0 saturated heterocycles. The van der Waals surface area contributed by atoms with Gasteiger partial charge in [0, 0.05) is 12.0 Å². The topological polar surface area (TPSA) is 33.0 Å². The Morgan fingerprint density at radius 3 is 2.42 bits per heavy atom. The maximum atomic E-state index is 8.48. The van der Waals surface area contributed by atoms with Crippen molar-refractivity contribution in [2.45, 2.75) is 19.3 Å². The normalized spacial score (nSPS) is 9.84. The molecule has 0 saturated carbocycles. The highest BCUT2D eigenvalue weighted by atomic mass is 16.5. The summed E-state index contributed by atoms with van der Waals surface area (Å²) >= 11 is 0. The van der Waals surface area contributed by atoms with Crippen LogP contribution >= 0.6 is 0 Å². The van der Waals surface area contributed by atoms with Gasteiger partial charge < -0.3 is 4.74 Å². The molecular formula is C17H17NO. The molecule has 0 N–H and O–H groups in total. The summed E-state index contributed by atoms with van der Waals surface area (Å²) in [5, 5.41) is 8.48. The molecule has 2 aromatic rings. The summed E-state index contributed by atoms with van der Waals surface area (Å²) in [6.07, 6.45) is 2.41. The summed E-state index contributed by atoms with van der Waals surface area (Å²) in [4.78, 5) is 0. The zero-order valence-corrected chi connectivity index (χ0v) is 10.9. The molecule has 0 fully saturated rings. The molecule has 2 nitrogen and oxygen atoms in total. The summed E-state index contributed by atoms with van der Waals surface area (Å²) in [6.45, 7) is 0.658. The second-order valence-electron chi connectivity index (χ2n) is 4.33. The van der Waals surface area contributed by atoms with Crippen LogP contribution in [0.5, 0.6) is 5.75 Å². The van der Waals surface area contributed by atoms with E-state index in [0.717, 1.165) is 29.7 Å². The average molecular weight is 251 g/mol. The minimum Gasteiger partial charge on any atom is -0.493 e. The monoisotopic (exact) mass is 251 g/mol. The van der Waals surface area contributed by atoms with Crippen molar-refractivity contribution in [2.24, 2.45) is 0 Å². The van der Waals surface area contributed by atoms with Crippen LogP contribution in [0.1, 0.15) is 19.3 Å². The Labute approximate surface area is 114 Å². The Kier molecular flexibility index (Phi) is 5.01. The third-order valence-corrected chi connectivity index (χ3v) is 2.91. The molecule has 0 aromatic heterocycles. The van der Waals surface area contributed by atoms with Crippen LogP contribution in [0.25, 0.3) is 11.1 Å². The number of benzene rings is 2. The van der Waals surface area contributed by atoms with Crippen molar-refractivity contribution in [1.29, 1.82) is 5.26 Å². The second-order valence-corrected chi connectivity index (χ2v) is 4.33. The van der Waals surface area contributed by atoms with Crippen molar-refractivity contribution < 1.29 is 4.74 Å². The highest BCUT2D eigenvalue weighted by Crippen LogP contribution is 2.29. The van der Waals surface area contributed by atoms with Gasteiger partial charge >= 0.3 is 0 Å². The van der Waals surface area contributed by atoms with Gasteiger partial charge in [-0.3, -0.25) is 0 Å². The molecule has 2 heteroatoms. The maximum Gasteiger partial charge on any atom is 0.127 e. The molecule has 0 unspecified atom stereocenters. The van der Waals surface area contributed by atoms with Crippen molar-refractivity contribution in [3.63, 3.8) is 0 Å². The molecule has 0 spiro atoms. The summed E-state index contributed by atoms with van der Waals surface area (Å²) in [7, 11) is 0. The Bertz CT molecular complexity index is 543. The van der Waals surface area contributed by atoms with E-state index >= 15 is 0 Å². The molecule has 0 heterocycles. The summed E-state index contributed by atoms with van der Waals surface area (Å²) in [5.41, 5.74) is 2.28. The molecule has 19 heavy (non-hydrogen) atoms. The SMILES string of the molecule is N#CCCCCOc1ccccc1-c1ccccc1. The molecule has 0 radical (unpaired) electrons. The van der Waals surface area contributed by atoms with E-state index in [9.17, 15) is 0 Å². The number of para-hydroxylation sites is 1. The van der Waals surface area contributed by atoms with Crippen LogP contribution in [0.15, 0.2) is 54.6 Å². The lowest BCUT2D eigenvalue weighted by Crippen LogP contribution is -1.98. The first-order valence-electron chi connectivity index (χ1n) is 6.56. The second kappa shape index (κ2) is 7.23. The summed E-state index contributed by atoms with van der Waals surface area (Å²) < 4.78 is 5.83. The molecule has 0 aliphatic carbocycles. The Morgan fingerprint density at radius 1 is 0.895 bits per heavy atom. The molecule has 0 aliphatic rings. The Morgan fingerprint density at radius 2 is 1.63 bits per heavy atom. The van der Waals surface area contributed by atoms with Crippen LogP contribution in [0.4, 0.5) is 0 Å². The van der Waals surface area contributed by atoms with Gasteiger partial charge in [-0.2, -0.15) is 5.26 Å². The lowest BCUT2D eigenvalue weighted by Gasteiger charge is -2.11. The quantitative estimate of drug-likeness (QED) is 0.712. The first-order valence-corrected chi connectivity index (χ1v) is 6.56. The number of ether oxygens (including phenoxy) is 1. The molecule has 96 valence electrons. The van der Waals surface area contributed by atoms with Crippen LogP contribution in [0.3, 0.4) is 0 Å². The van der Waals surface area contributed by atoms with Gasteiger partial charge in [0.2, 0.25) is 0 Å². The Balaban J connectivity index is 2.03. The van der Waals surface area contributed by atoms with E-state index in [1.54, 1.807) is 0 Å². The fourth-order valence-electron chi connectivity index (χ4n) is 1.94. The van der Waals surface area contributed by atoms with Gasteiger partial charge in [0.05, 0.1) is 12.7 Å². The van der Waals surface area contributed by atoms with Crippen LogP contribution in [-0.4, -0.2) is 6.61 Å². The zero-order chi connectivity index (χ0) is 13.3. The Hall–Kier alpha value is -2.27. The van der Waals surface area contributed by atoms with E-state index in [1.165, 1.54) is 0 Å². The van der Waals surface area contributed by atoms with Crippen LogP contribution < -0.4 is 4.74 Å². The van der Waals surface area contributed by atoms with Gasteiger partial charge in [-0.05, 0) is 24.5 Å². The summed E-state index contributed by atoms with van der Waals surface area (Å²) in [6, 6.07) is 20.4. The van der Waals surface area contributed by atoms with Crippen molar-refractivity contribution in [2.75, 3.05) is 6.61 Å². The van der Waals surface area contributed by atoms with Gasteiger partial charge in [-0.15, -0.1) is 0 Å². The van der Waals surface area contributed by atoms with Crippen LogP contribution in [-0.2, 0) is 0 Å². The fraction of sp³-hybridized carbons (Fsp3) is 0.235. The van der Waals surface area contributed by atoms with Crippen molar-refractivity contribution in [3.05, 3.63) is 54.6 Å². The van der Waals surface area contributed by atoms with Gasteiger partial charge in [-0.1, -0.05) is 48.5 Å². The molecule has 0 amide bonds. The van der Waals surface area contributed by atoms with E-state index < -0.39 is 0 Å². The van der Waals surface area contributed by atoms with Gasteiger partial charge in [0.25, 0.3) is 0 Å². The lowest BCUT2D eigenvalue weighted by atomic mass is 10.1. The van der Waals surface area contributed by atoms with E-state index in [4.69, 9.17) is 10.00 Å². The number of rotatable bonds is 6. The number of hydrogen-bond donors (Lipinski definition) is 0. The highest BCUT2D eigenvalue weighted by Gasteiger charge is 2.04. The van der Waals surface area contributed by atoms with Crippen molar-refractivity contribution >= 4 is 0 Å². The van der Waals surface area contributed by atoms with Gasteiger partial charge in [-0.25, -0.2) is 0 Å². The zero-order valence-electron chi connectivity index (χ0n) is 10.9. The van der Waals surface area contributed by atoms with Crippen LogP contribution in [0, 0.1) is 11.3 Å². The number of nitrogens with zero attached hydrogens (tertiary/aromatic N) is 1. The third kappa shape index (κ3) is 3.86. The van der Waals surface area contributed by atoms with Crippen molar-refractivity contribution in [1.82, 2.24) is 0 Å². The van der Waals surface area contributed by atoms with Crippen molar-refractivity contribution in [3.8, 4) is 22.9 Å². The largest absolute Gasteiger partial charge is 0.493 e. The lowest BCUT2D eigenvalue weighted by molar-refractivity contribution is 0.309. The smallest absolute Gasteiger partial charge is 0.127 e. The number of hydrogen-bond acceptors (Lipinski definition) is 2. The van der Waals surface area contributed by atoms with Crippen LogP contribution in [0.2, 0.25) is 0 Å². The third-order valence-electron chi connectivity index (χ3n) is 2.91. The predicted molar refractivity (Wildman–Crippen MR) is 76.8 cm³/mol. The minimum atomic E-state index is 0.601. The first kappa shape index (κ1) is 13.2. The maximum absolute atomic E-state index is 8.48. The highest BCUT2D eigenvalue weighted by molar-refractivity contribution is 5.70. The molecule has 2 aromatic carbocycles. The standard InChI is InChI=1S/C17H17NO/c18-13-7-2-8-14-19-17-12-6-5-11-16(17)15-9-3-1-4-10-15/h1,3-6,9-12H,2,7-8,14H2. The average Bonchev–Trinajstić information content (AvgIpc) is 2.48. The van der Waals surface area contributed by atoms with E-state index in [0.29, 0.717) is 13.0 Å². The van der Waals surface area contributed by atoms with E-state index in [2.05, 4.69) is 24.3 Å². The molecule has 0 bridgehead atoms. The number of unbranched alkanes of at least 4 members (excludes halogenated alkanes) is 2. The number of nitriles is 1. The van der Waals surface area contributed by atoms with Gasteiger partial charge in [0.1, 0.15) is 5.75 Å². The van der Waals surface area contributed by atoms with E-state index in [-0.39, 0.29) is 0 Å². The summed E-state index contributed by atoms with van der Waals surface area (Å²) in [5.74, 6) is 0.908. The fourth-order valence-corrected chi connectivity index (χ4v) is 1.94.